The van der Waals surface area contributed by atoms with Crippen LogP contribution in [-0.4, -0.2) is 91.2 Å². The second-order valence-electron chi connectivity index (χ2n) is 8.23. The molecule has 3 amide bonds. The third kappa shape index (κ3) is 3.90. The SMILES string of the molecule is N#C[C@@H]1CCCN1C(=O)CNC1CC2CN(C(=O)N3CCOCC3)CC2C1. The summed E-state index contributed by atoms with van der Waals surface area (Å²) in [4.78, 5) is 30.6. The number of nitrogens with zero attached hydrogens (tertiary/aromatic N) is 4. The molecular weight excluding hydrogens is 346 g/mol. The first kappa shape index (κ1) is 18.5. The van der Waals surface area contributed by atoms with Crippen LogP contribution in [0.15, 0.2) is 0 Å². The normalized spacial score (nSPS) is 33.2. The maximum Gasteiger partial charge on any atom is 0.320 e. The molecule has 3 atom stereocenters. The Kier molecular flexibility index (Phi) is 5.50. The van der Waals surface area contributed by atoms with Gasteiger partial charge in [-0.25, -0.2) is 4.79 Å². The largest absolute Gasteiger partial charge is 0.378 e. The Labute approximate surface area is 160 Å². The van der Waals surface area contributed by atoms with Gasteiger partial charge in [-0.05, 0) is 37.5 Å². The molecule has 4 fully saturated rings. The van der Waals surface area contributed by atoms with Gasteiger partial charge in [0.1, 0.15) is 6.04 Å². The lowest BCUT2D eigenvalue weighted by Gasteiger charge is -2.31. The predicted octanol–water partition coefficient (Wildman–Crippen LogP) is 0.253. The fourth-order valence-electron chi connectivity index (χ4n) is 5.11. The highest BCUT2D eigenvalue weighted by Crippen LogP contribution is 2.38. The van der Waals surface area contributed by atoms with Gasteiger partial charge in [0.25, 0.3) is 0 Å². The highest BCUT2D eigenvalue weighted by Gasteiger charge is 2.43. The number of carbonyl (C=O) groups is 2. The lowest BCUT2D eigenvalue weighted by Crippen LogP contribution is -2.48. The molecule has 0 radical (unpaired) electrons. The van der Waals surface area contributed by atoms with E-state index in [4.69, 9.17) is 10.00 Å². The fourth-order valence-corrected chi connectivity index (χ4v) is 5.11. The van der Waals surface area contributed by atoms with Crippen LogP contribution in [0.5, 0.6) is 0 Å². The lowest BCUT2D eigenvalue weighted by atomic mass is 10.0. The summed E-state index contributed by atoms with van der Waals surface area (Å²) in [6.45, 7) is 5.33. The van der Waals surface area contributed by atoms with Crippen LogP contribution < -0.4 is 5.32 Å². The molecule has 8 heteroatoms. The van der Waals surface area contributed by atoms with Crippen LogP contribution in [0.4, 0.5) is 4.79 Å². The number of nitriles is 1. The van der Waals surface area contributed by atoms with Crippen LogP contribution >= 0.6 is 0 Å². The first-order chi connectivity index (χ1) is 13.2. The molecule has 0 aromatic carbocycles. The zero-order valence-corrected chi connectivity index (χ0v) is 15.8. The van der Waals surface area contributed by atoms with Gasteiger partial charge in [-0.1, -0.05) is 0 Å². The lowest BCUT2D eigenvalue weighted by molar-refractivity contribution is -0.130. The highest BCUT2D eigenvalue weighted by atomic mass is 16.5. The number of fused-ring (bicyclic) bond motifs is 1. The molecule has 0 bridgehead atoms. The number of hydrogen-bond acceptors (Lipinski definition) is 5. The number of amides is 3. The highest BCUT2D eigenvalue weighted by molar-refractivity contribution is 5.79. The number of rotatable bonds is 3. The quantitative estimate of drug-likeness (QED) is 0.764. The molecule has 1 N–H and O–H groups in total. The number of likely N-dealkylation sites (tertiary alicyclic amines) is 2. The van der Waals surface area contributed by atoms with Gasteiger partial charge in [-0.3, -0.25) is 4.79 Å². The smallest absolute Gasteiger partial charge is 0.320 e. The van der Waals surface area contributed by atoms with E-state index in [1.807, 2.05) is 9.80 Å². The molecule has 4 aliphatic rings. The second-order valence-corrected chi connectivity index (χ2v) is 8.23. The van der Waals surface area contributed by atoms with Crippen molar-refractivity contribution in [2.75, 3.05) is 52.5 Å². The fraction of sp³-hybridized carbons (Fsp3) is 0.842. The molecule has 4 rings (SSSR count). The number of morpholine rings is 1. The van der Waals surface area contributed by atoms with Crippen LogP contribution in [0.1, 0.15) is 25.7 Å². The van der Waals surface area contributed by atoms with Crippen molar-refractivity contribution in [1.29, 1.82) is 5.26 Å². The summed E-state index contributed by atoms with van der Waals surface area (Å²) in [6.07, 6.45) is 3.76. The predicted molar refractivity (Wildman–Crippen MR) is 97.7 cm³/mol. The van der Waals surface area contributed by atoms with E-state index in [0.717, 1.165) is 38.8 Å². The molecule has 3 aliphatic heterocycles. The molecule has 2 unspecified atom stereocenters. The summed E-state index contributed by atoms with van der Waals surface area (Å²) in [5.74, 6) is 1.10. The summed E-state index contributed by atoms with van der Waals surface area (Å²) in [5, 5.41) is 12.5. The van der Waals surface area contributed by atoms with Crippen LogP contribution in [-0.2, 0) is 9.53 Å². The number of carbonyl (C=O) groups excluding carboxylic acids is 2. The van der Waals surface area contributed by atoms with E-state index in [9.17, 15) is 9.59 Å². The number of nitrogens with one attached hydrogen (secondary N) is 1. The zero-order valence-electron chi connectivity index (χ0n) is 15.8. The molecule has 1 aliphatic carbocycles. The van der Waals surface area contributed by atoms with E-state index in [1.54, 1.807) is 4.90 Å². The molecule has 0 spiro atoms. The van der Waals surface area contributed by atoms with Crippen LogP contribution in [0.2, 0.25) is 0 Å². The molecule has 8 nitrogen and oxygen atoms in total. The molecule has 0 aromatic heterocycles. The standard InChI is InChI=1S/C19H29N5O3/c20-10-17-2-1-3-24(17)18(25)11-21-16-8-14-12-23(13-15(14)9-16)19(26)22-4-6-27-7-5-22/h14-17,21H,1-9,11-13H2/t14?,15?,16?,17-/m0/s1. The number of urea groups is 1. The first-order valence-electron chi connectivity index (χ1n) is 10.2. The average molecular weight is 375 g/mol. The van der Waals surface area contributed by atoms with Crippen molar-refractivity contribution in [2.24, 2.45) is 11.8 Å². The Morgan fingerprint density at radius 1 is 1.07 bits per heavy atom. The average Bonchev–Trinajstić information content (AvgIpc) is 3.40. The van der Waals surface area contributed by atoms with Crippen molar-refractivity contribution in [3.8, 4) is 6.07 Å². The van der Waals surface area contributed by atoms with Crippen molar-refractivity contribution in [3.63, 3.8) is 0 Å². The summed E-state index contributed by atoms with van der Waals surface area (Å²) in [5.41, 5.74) is 0. The van der Waals surface area contributed by atoms with Crippen LogP contribution in [0, 0.1) is 23.2 Å². The van der Waals surface area contributed by atoms with Gasteiger partial charge in [0.2, 0.25) is 5.91 Å². The number of ether oxygens (including phenoxy) is 1. The Morgan fingerprint density at radius 3 is 2.44 bits per heavy atom. The zero-order chi connectivity index (χ0) is 18.8. The van der Waals surface area contributed by atoms with Crippen LogP contribution in [0.3, 0.4) is 0 Å². The van der Waals surface area contributed by atoms with E-state index in [0.29, 0.717) is 57.3 Å². The molecule has 1 saturated carbocycles. The second kappa shape index (κ2) is 8.03. The Balaban J connectivity index is 1.21. The minimum absolute atomic E-state index is 0.0419. The van der Waals surface area contributed by atoms with Gasteiger partial charge in [-0.2, -0.15) is 5.26 Å². The van der Waals surface area contributed by atoms with Crippen molar-refractivity contribution >= 4 is 11.9 Å². The van der Waals surface area contributed by atoms with Gasteiger partial charge in [0.05, 0.1) is 25.8 Å². The van der Waals surface area contributed by atoms with E-state index < -0.39 is 0 Å². The minimum Gasteiger partial charge on any atom is -0.378 e. The Bertz CT molecular complexity index is 601. The van der Waals surface area contributed by atoms with Crippen molar-refractivity contribution in [1.82, 2.24) is 20.0 Å². The minimum atomic E-state index is -0.248. The molecule has 3 saturated heterocycles. The Hall–Kier alpha value is -1.85. The van der Waals surface area contributed by atoms with E-state index in [2.05, 4.69) is 11.4 Å². The van der Waals surface area contributed by atoms with Gasteiger partial charge in [-0.15, -0.1) is 0 Å². The molecule has 148 valence electrons. The monoisotopic (exact) mass is 375 g/mol. The van der Waals surface area contributed by atoms with E-state index >= 15 is 0 Å². The summed E-state index contributed by atoms with van der Waals surface area (Å²) < 4.78 is 5.33. The maximum absolute atomic E-state index is 12.6. The van der Waals surface area contributed by atoms with Gasteiger partial charge < -0.3 is 24.8 Å². The van der Waals surface area contributed by atoms with E-state index in [1.165, 1.54) is 0 Å². The van der Waals surface area contributed by atoms with Gasteiger partial charge in [0.15, 0.2) is 0 Å². The molecule has 27 heavy (non-hydrogen) atoms. The summed E-state index contributed by atoms with van der Waals surface area (Å²) in [7, 11) is 0. The van der Waals surface area contributed by atoms with E-state index in [-0.39, 0.29) is 18.0 Å². The number of hydrogen-bond donors (Lipinski definition) is 1. The third-order valence-electron chi connectivity index (χ3n) is 6.57. The van der Waals surface area contributed by atoms with Crippen molar-refractivity contribution < 1.29 is 14.3 Å². The first-order valence-corrected chi connectivity index (χ1v) is 10.2. The Morgan fingerprint density at radius 2 is 1.78 bits per heavy atom. The third-order valence-corrected chi connectivity index (χ3v) is 6.57. The molecule has 3 heterocycles. The van der Waals surface area contributed by atoms with Crippen molar-refractivity contribution in [3.05, 3.63) is 0 Å². The maximum atomic E-state index is 12.6. The van der Waals surface area contributed by atoms with Gasteiger partial charge in [0, 0.05) is 38.8 Å². The summed E-state index contributed by atoms with van der Waals surface area (Å²) >= 11 is 0. The molecular formula is C19H29N5O3. The van der Waals surface area contributed by atoms with Crippen molar-refractivity contribution in [2.45, 2.75) is 37.8 Å². The van der Waals surface area contributed by atoms with Crippen LogP contribution in [0.25, 0.3) is 0 Å². The summed E-state index contributed by atoms with van der Waals surface area (Å²) in [6, 6.07) is 2.47. The molecule has 0 aromatic rings. The van der Waals surface area contributed by atoms with Gasteiger partial charge >= 0.3 is 6.03 Å². The topological polar surface area (TPSA) is 88.9 Å².